The van der Waals surface area contributed by atoms with Crippen LogP contribution in [-0.2, 0) is 0 Å². The van der Waals surface area contributed by atoms with Gasteiger partial charge in [0.1, 0.15) is 0 Å². The van der Waals surface area contributed by atoms with Crippen molar-refractivity contribution >= 4 is 23.3 Å². The summed E-state index contributed by atoms with van der Waals surface area (Å²) in [5, 5.41) is 9.84. The van der Waals surface area contributed by atoms with Crippen molar-refractivity contribution in [2.24, 2.45) is 5.41 Å². The second kappa shape index (κ2) is 5.89. The van der Waals surface area contributed by atoms with E-state index >= 15 is 0 Å². The van der Waals surface area contributed by atoms with Crippen LogP contribution >= 0.6 is 11.6 Å². The first-order valence-electron chi connectivity index (χ1n) is 7.72. The van der Waals surface area contributed by atoms with Crippen molar-refractivity contribution in [2.45, 2.75) is 26.3 Å². The molecule has 4 heteroatoms. The number of hydrogen-bond acceptors (Lipinski definition) is 2. The molecule has 2 aromatic rings. The summed E-state index contributed by atoms with van der Waals surface area (Å²) in [6.45, 7) is 5.42. The number of carbonyl (C=O) groups is 1. The molecule has 0 saturated carbocycles. The zero-order chi connectivity index (χ0) is 16.6. The molecule has 0 aromatic heterocycles. The van der Waals surface area contributed by atoms with E-state index in [-0.39, 0.29) is 11.5 Å². The Hall–Kier alpha value is -2.00. The molecule has 3 rings (SSSR count). The van der Waals surface area contributed by atoms with Crippen LogP contribution in [-0.4, -0.2) is 17.6 Å². The molecule has 0 bridgehead atoms. The normalized spacial score (nSPS) is 19.8. The summed E-state index contributed by atoms with van der Waals surface area (Å²) in [6.07, 6.45) is 1.01. The van der Waals surface area contributed by atoms with Gasteiger partial charge in [0.05, 0.1) is 11.6 Å². The van der Waals surface area contributed by atoms with Gasteiger partial charge >= 0.3 is 5.97 Å². The largest absolute Gasteiger partial charge is 0.478 e. The maximum atomic E-state index is 11.0. The first-order chi connectivity index (χ1) is 10.9. The quantitative estimate of drug-likeness (QED) is 0.860. The molecule has 1 saturated heterocycles. The molecule has 120 valence electrons. The summed E-state index contributed by atoms with van der Waals surface area (Å²) in [5.41, 5.74) is 2.64. The molecule has 1 unspecified atom stereocenters. The average Bonchev–Trinajstić information content (AvgIpc) is 2.83. The van der Waals surface area contributed by atoms with Gasteiger partial charge in [0, 0.05) is 17.3 Å². The smallest absolute Gasteiger partial charge is 0.335 e. The third kappa shape index (κ3) is 3.20. The summed E-state index contributed by atoms with van der Waals surface area (Å²) < 4.78 is 0. The molecule has 0 radical (unpaired) electrons. The second-order valence-electron chi connectivity index (χ2n) is 6.89. The van der Waals surface area contributed by atoms with Crippen molar-refractivity contribution in [3.63, 3.8) is 0 Å². The van der Waals surface area contributed by atoms with Crippen LogP contribution < -0.4 is 4.90 Å². The van der Waals surface area contributed by atoms with E-state index in [0.29, 0.717) is 5.56 Å². The molecular weight excluding hydrogens is 310 g/mol. The maximum absolute atomic E-state index is 11.0. The Bertz CT molecular complexity index is 724. The Labute approximate surface area is 141 Å². The zero-order valence-corrected chi connectivity index (χ0v) is 14.0. The zero-order valence-electron chi connectivity index (χ0n) is 13.3. The Morgan fingerprint density at radius 2 is 1.83 bits per heavy atom. The number of anilines is 1. The molecule has 1 heterocycles. The van der Waals surface area contributed by atoms with Gasteiger partial charge in [0.25, 0.3) is 0 Å². The van der Waals surface area contributed by atoms with Crippen molar-refractivity contribution in [3.8, 4) is 0 Å². The topological polar surface area (TPSA) is 40.5 Å². The van der Waals surface area contributed by atoms with E-state index in [9.17, 15) is 4.79 Å². The number of carboxylic acid groups (broad SMARTS) is 1. The fourth-order valence-electron chi connectivity index (χ4n) is 3.36. The summed E-state index contributed by atoms with van der Waals surface area (Å²) in [5.74, 6) is -0.902. The molecule has 1 fully saturated rings. The number of carboxylic acids is 1. The lowest BCUT2D eigenvalue weighted by molar-refractivity contribution is 0.0697. The first kappa shape index (κ1) is 15.9. The van der Waals surface area contributed by atoms with E-state index in [4.69, 9.17) is 16.7 Å². The number of benzene rings is 2. The number of aromatic carboxylic acids is 1. The summed E-state index contributed by atoms with van der Waals surface area (Å²) in [4.78, 5) is 13.4. The van der Waals surface area contributed by atoms with E-state index in [1.807, 2.05) is 30.3 Å². The van der Waals surface area contributed by atoms with E-state index in [0.717, 1.165) is 29.2 Å². The van der Waals surface area contributed by atoms with Crippen LogP contribution in [0.15, 0.2) is 48.5 Å². The van der Waals surface area contributed by atoms with Gasteiger partial charge in [0.15, 0.2) is 0 Å². The highest BCUT2D eigenvalue weighted by Gasteiger charge is 2.39. The minimum atomic E-state index is -0.902. The Morgan fingerprint density at radius 1 is 1.17 bits per heavy atom. The number of halogens is 1. The van der Waals surface area contributed by atoms with Crippen molar-refractivity contribution in [3.05, 3.63) is 64.7 Å². The van der Waals surface area contributed by atoms with E-state index in [1.165, 1.54) is 0 Å². The van der Waals surface area contributed by atoms with Crippen LogP contribution in [0.2, 0.25) is 5.02 Å². The molecule has 1 aliphatic heterocycles. The minimum Gasteiger partial charge on any atom is -0.478 e. The first-order valence-corrected chi connectivity index (χ1v) is 8.10. The molecule has 1 aliphatic rings. The highest BCUT2D eigenvalue weighted by Crippen LogP contribution is 2.46. The predicted octanol–water partition coefficient (Wildman–Crippen LogP) is 5.02. The van der Waals surface area contributed by atoms with Gasteiger partial charge in [-0.05, 0) is 47.7 Å². The number of nitrogens with zero attached hydrogens (tertiary/aromatic N) is 1. The lowest BCUT2D eigenvalue weighted by atomic mass is 9.89. The molecule has 2 aromatic carbocycles. The summed E-state index contributed by atoms with van der Waals surface area (Å²) in [7, 11) is 0. The van der Waals surface area contributed by atoms with Gasteiger partial charge in [0.2, 0.25) is 0 Å². The molecule has 0 amide bonds. The van der Waals surface area contributed by atoms with Crippen LogP contribution in [0.3, 0.4) is 0 Å². The Balaban J connectivity index is 1.98. The summed E-state index contributed by atoms with van der Waals surface area (Å²) in [6, 6.07) is 15.2. The molecule has 23 heavy (non-hydrogen) atoms. The van der Waals surface area contributed by atoms with Crippen LogP contribution in [0.25, 0.3) is 0 Å². The predicted molar refractivity (Wildman–Crippen MR) is 93.3 cm³/mol. The Kier molecular flexibility index (Phi) is 4.07. The van der Waals surface area contributed by atoms with Crippen LogP contribution in [0, 0.1) is 5.41 Å². The van der Waals surface area contributed by atoms with Gasteiger partial charge in [-0.2, -0.15) is 0 Å². The third-order valence-corrected chi connectivity index (χ3v) is 4.77. The molecule has 0 spiro atoms. The molecular formula is C19H20ClNO2. The highest BCUT2D eigenvalue weighted by atomic mass is 35.5. The lowest BCUT2D eigenvalue weighted by Crippen LogP contribution is -2.25. The van der Waals surface area contributed by atoms with Gasteiger partial charge in [-0.25, -0.2) is 4.79 Å². The number of hydrogen-bond donors (Lipinski definition) is 1. The van der Waals surface area contributed by atoms with Crippen molar-refractivity contribution in [1.29, 1.82) is 0 Å². The van der Waals surface area contributed by atoms with E-state index in [1.54, 1.807) is 12.1 Å². The molecule has 3 nitrogen and oxygen atoms in total. The monoisotopic (exact) mass is 329 g/mol. The van der Waals surface area contributed by atoms with Crippen molar-refractivity contribution in [1.82, 2.24) is 0 Å². The maximum Gasteiger partial charge on any atom is 0.335 e. The van der Waals surface area contributed by atoms with Crippen molar-refractivity contribution in [2.75, 3.05) is 11.4 Å². The lowest BCUT2D eigenvalue weighted by Gasteiger charge is -2.28. The van der Waals surface area contributed by atoms with Crippen LogP contribution in [0.5, 0.6) is 0 Å². The Morgan fingerprint density at radius 3 is 2.43 bits per heavy atom. The molecule has 1 atom stereocenters. The van der Waals surface area contributed by atoms with Crippen LogP contribution in [0.4, 0.5) is 5.69 Å². The fraction of sp³-hybridized carbons (Fsp3) is 0.316. The molecule has 0 aliphatic carbocycles. The van der Waals surface area contributed by atoms with Crippen molar-refractivity contribution < 1.29 is 9.90 Å². The highest BCUT2D eigenvalue weighted by molar-refractivity contribution is 6.31. The SMILES string of the molecule is CC1(C)CC(c2ccccc2Cl)N(c2ccc(C(=O)O)cc2)C1. The fourth-order valence-corrected chi connectivity index (χ4v) is 3.62. The van der Waals surface area contributed by atoms with E-state index < -0.39 is 5.97 Å². The van der Waals surface area contributed by atoms with Gasteiger partial charge in [-0.1, -0.05) is 43.6 Å². The van der Waals surface area contributed by atoms with Crippen LogP contribution in [0.1, 0.15) is 42.2 Å². The van der Waals surface area contributed by atoms with Gasteiger partial charge in [-0.15, -0.1) is 0 Å². The molecule has 1 N–H and O–H groups in total. The minimum absolute atomic E-state index is 0.176. The number of rotatable bonds is 3. The van der Waals surface area contributed by atoms with Gasteiger partial charge < -0.3 is 10.0 Å². The third-order valence-electron chi connectivity index (χ3n) is 4.43. The van der Waals surface area contributed by atoms with E-state index in [2.05, 4.69) is 24.8 Å². The second-order valence-corrected chi connectivity index (χ2v) is 7.29. The van der Waals surface area contributed by atoms with Gasteiger partial charge in [-0.3, -0.25) is 0 Å². The summed E-state index contributed by atoms with van der Waals surface area (Å²) >= 11 is 6.41. The average molecular weight is 330 g/mol. The standard InChI is InChI=1S/C19H20ClNO2/c1-19(2)11-17(15-5-3-4-6-16(15)20)21(12-19)14-9-7-13(8-10-14)18(22)23/h3-10,17H,11-12H2,1-2H3,(H,22,23).